The molecule has 0 aromatic heterocycles. The van der Waals surface area contributed by atoms with E-state index >= 15 is 0 Å². The second-order valence-electron chi connectivity index (χ2n) is 5.14. The van der Waals surface area contributed by atoms with Crippen LogP contribution >= 0.6 is 11.6 Å². The van der Waals surface area contributed by atoms with Crippen molar-refractivity contribution in [1.29, 1.82) is 0 Å². The average Bonchev–Trinajstić information content (AvgIpc) is 2.36. The van der Waals surface area contributed by atoms with Gasteiger partial charge in [0.2, 0.25) is 0 Å². The molecule has 100 valence electrons. The zero-order valence-corrected chi connectivity index (χ0v) is 11.4. The van der Waals surface area contributed by atoms with Gasteiger partial charge in [-0.25, -0.2) is 4.39 Å². The van der Waals surface area contributed by atoms with Crippen molar-refractivity contribution < 1.29 is 4.39 Å². The van der Waals surface area contributed by atoms with Gasteiger partial charge in [0.05, 0.1) is 16.4 Å². The summed E-state index contributed by atoms with van der Waals surface area (Å²) >= 11 is 5.79. The number of nitrogens with one attached hydrogen (secondary N) is 1. The molecule has 4 heteroatoms. The Morgan fingerprint density at radius 1 is 1.44 bits per heavy atom. The summed E-state index contributed by atoms with van der Waals surface area (Å²) in [6, 6.07) is 3.29. The molecule has 1 fully saturated rings. The van der Waals surface area contributed by atoms with Crippen molar-refractivity contribution in [2.75, 3.05) is 11.1 Å². The zero-order chi connectivity index (χ0) is 13.1. The Balaban J connectivity index is 2.07. The van der Waals surface area contributed by atoms with Crippen LogP contribution in [0.1, 0.15) is 39.0 Å². The van der Waals surface area contributed by atoms with Crippen molar-refractivity contribution in [3.8, 4) is 0 Å². The van der Waals surface area contributed by atoms with Gasteiger partial charge in [-0.15, -0.1) is 0 Å². The lowest BCUT2D eigenvalue weighted by atomic mass is 9.84. The van der Waals surface area contributed by atoms with Gasteiger partial charge in [-0.05, 0) is 24.8 Å². The molecule has 0 saturated heterocycles. The molecule has 0 aliphatic heterocycles. The van der Waals surface area contributed by atoms with Crippen LogP contribution in [-0.2, 0) is 0 Å². The predicted octanol–water partition coefficient (Wildman–Crippen LogP) is 4.44. The molecule has 0 radical (unpaired) electrons. The Labute approximate surface area is 113 Å². The number of hydrogen-bond donors (Lipinski definition) is 2. The number of nitrogens with two attached hydrogens (primary N) is 1. The summed E-state index contributed by atoms with van der Waals surface area (Å²) in [5.41, 5.74) is 6.99. The van der Waals surface area contributed by atoms with E-state index in [1.54, 1.807) is 6.07 Å². The van der Waals surface area contributed by atoms with Crippen molar-refractivity contribution in [1.82, 2.24) is 0 Å². The Morgan fingerprint density at radius 2 is 2.22 bits per heavy atom. The summed E-state index contributed by atoms with van der Waals surface area (Å²) < 4.78 is 13.2. The summed E-state index contributed by atoms with van der Waals surface area (Å²) in [5, 5.41) is 3.53. The fraction of sp³-hybridized carbons (Fsp3) is 0.571. The Hall–Kier alpha value is -0.960. The minimum atomic E-state index is -0.463. The first-order valence-corrected chi connectivity index (χ1v) is 6.99. The van der Waals surface area contributed by atoms with Crippen LogP contribution in [0.5, 0.6) is 0 Å². The topological polar surface area (TPSA) is 38.0 Å². The van der Waals surface area contributed by atoms with Gasteiger partial charge in [0.25, 0.3) is 0 Å². The van der Waals surface area contributed by atoms with E-state index in [2.05, 4.69) is 12.2 Å². The molecule has 3 N–H and O–H groups in total. The molecule has 2 unspecified atom stereocenters. The predicted molar refractivity (Wildman–Crippen MR) is 75.5 cm³/mol. The third-order valence-electron chi connectivity index (χ3n) is 3.81. The van der Waals surface area contributed by atoms with Gasteiger partial charge in [0.15, 0.2) is 0 Å². The molecule has 2 atom stereocenters. The number of benzene rings is 1. The van der Waals surface area contributed by atoms with E-state index in [4.69, 9.17) is 17.3 Å². The van der Waals surface area contributed by atoms with Crippen LogP contribution < -0.4 is 11.1 Å². The maximum atomic E-state index is 13.2. The third kappa shape index (κ3) is 3.08. The highest BCUT2D eigenvalue weighted by Gasteiger charge is 2.21. The highest BCUT2D eigenvalue weighted by Crippen LogP contribution is 2.32. The fourth-order valence-corrected chi connectivity index (χ4v) is 2.86. The molecule has 0 amide bonds. The first-order chi connectivity index (χ1) is 8.60. The van der Waals surface area contributed by atoms with Crippen LogP contribution in [0.3, 0.4) is 0 Å². The monoisotopic (exact) mass is 270 g/mol. The lowest BCUT2D eigenvalue weighted by Crippen LogP contribution is -2.27. The number of anilines is 2. The van der Waals surface area contributed by atoms with Crippen molar-refractivity contribution in [3.05, 3.63) is 23.0 Å². The molecular formula is C14H20ClFN2. The highest BCUT2D eigenvalue weighted by molar-refractivity contribution is 6.31. The highest BCUT2D eigenvalue weighted by atomic mass is 35.5. The Bertz CT molecular complexity index is 423. The molecule has 1 aromatic carbocycles. The summed E-state index contributed by atoms with van der Waals surface area (Å²) in [7, 11) is 0. The van der Waals surface area contributed by atoms with E-state index in [1.807, 2.05) is 0 Å². The Kier molecular flexibility index (Phi) is 4.33. The van der Waals surface area contributed by atoms with Gasteiger partial charge in [-0.1, -0.05) is 37.8 Å². The van der Waals surface area contributed by atoms with Crippen LogP contribution in [0, 0.1) is 11.7 Å². The van der Waals surface area contributed by atoms with E-state index < -0.39 is 5.82 Å². The molecule has 1 aromatic rings. The maximum absolute atomic E-state index is 13.2. The Morgan fingerprint density at radius 3 is 2.94 bits per heavy atom. The molecule has 0 heterocycles. The SMILES string of the molecule is CCC1CCCC(Nc2cc(Cl)c(F)cc2N)C1. The van der Waals surface area contributed by atoms with E-state index in [-0.39, 0.29) is 5.02 Å². The van der Waals surface area contributed by atoms with Gasteiger partial charge in [-0.3, -0.25) is 0 Å². The second-order valence-corrected chi connectivity index (χ2v) is 5.54. The molecule has 0 bridgehead atoms. The number of rotatable bonds is 3. The molecule has 1 aliphatic rings. The quantitative estimate of drug-likeness (QED) is 0.797. The van der Waals surface area contributed by atoms with E-state index in [1.165, 1.54) is 25.3 Å². The van der Waals surface area contributed by atoms with Crippen molar-refractivity contribution in [3.63, 3.8) is 0 Å². The van der Waals surface area contributed by atoms with Crippen LogP contribution in [0.2, 0.25) is 5.02 Å². The van der Waals surface area contributed by atoms with Gasteiger partial charge >= 0.3 is 0 Å². The number of nitrogen functional groups attached to an aromatic ring is 1. The minimum Gasteiger partial charge on any atom is -0.397 e. The zero-order valence-electron chi connectivity index (χ0n) is 10.7. The van der Waals surface area contributed by atoms with Crippen LogP contribution in [-0.4, -0.2) is 6.04 Å². The fourth-order valence-electron chi connectivity index (χ4n) is 2.70. The lowest BCUT2D eigenvalue weighted by molar-refractivity contribution is 0.327. The summed E-state index contributed by atoms with van der Waals surface area (Å²) in [4.78, 5) is 0. The van der Waals surface area contributed by atoms with Crippen LogP contribution in [0.15, 0.2) is 12.1 Å². The summed E-state index contributed by atoms with van der Waals surface area (Å²) in [6.07, 6.45) is 6.08. The van der Waals surface area contributed by atoms with Gasteiger partial charge in [0, 0.05) is 12.1 Å². The van der Waals surface area contributed by atoms with Gasteiger partial charge in [-0.2, -0.15) is 0 Å². The normalized spacial score (nSPS) is 23.9. The number of halogens is 2. The molecule has 2 rings (SSSR count). The van der Waals surface area contributed by atoms with Crippen molar-refractivity contribution in [2.24, 2.45) is 5.92 Å². The summed E-state index contributed by atoms with van der Waals surface area (Å²) in [6.45, 7) is 2.23. The van der Waals surface area contributed by atoms with E-state index in [9.17, 15) is 4.39 Å². The summed E-state index contributed by atoms with van der Waals surface area (Å²) in [5.74, 6) is 0.322. The smallest absolute Gasteiger partial charge is 0.143 e. The average molecular weight is 271 g/mol. The standard InChI is InChI=1S/C14H20ClFN2/c1-2-9-4-3-5-10(6-9)18-14-7-11(15)12(16)8-13(14)17/h7-10,18H,2-6,17H2,1H3. The molecular weight excluding hydrogens is 251 g/mol. The van der Waals surface area contributed by atoms with Crippen LogP contribution in [0.4, 0.5) is 15.8 Å². The third-order valence-corrected chi connectivity index (χ3v) is 4.10. The molecule has 1 saturated carbocycles. The lowest BCUT2D eigenvalue weighted by Gasteiger charge is -2.30. The van der Waals surface area contributed by atoms with Crippen LogP contribution in [0.25, 0.3) is 0 Å². The molecule has 0 spiro atoms. The number of hydrogen-bond acceptors (Lipinski definition) is 2. The molecule has 1 aliphatic carbocycles. The first-order valence-electron chi connectivity index (χ1n) is 6.61. The first kappa shape index (κ1) is 13.5. The van der Waals surface area contributed by atoms with Gasteiger partial charge < -0.3 is 11.1 Å². The van der Waals surface area contributed by atoms with E-state index in [0.717, 1.165) is 24.4 Å². The van der Waals surface area contributed by atoms with Gasteiger partial charge in [0.1, 0.15) is 5.82 Å². The van der Waals surface area contributed by atoms with E-state index in [0.29, 0.717) is 11.7 Å². The largest absolute Gasteiger partial charge is 0.397 e. The maximum Gasteiger partial charge on any atom is 0.143 e. The van der Waals surface area contributed by atoms with Crippen molar-refractivity contribution in [2.45, 2.75) is 45.1 Å². The molecule has 18 heavy (non-hydrogen) atoms. The minimum absolute atomic E-state index is 0.120. The molecule has 2 nitrogen and oxygen atoms in total. The second kappa shape index (κ2) is 5.79. The van der Waals surface area contributed by atoms with Crippen molar-refractivity contribution >= 4 is 23.0 Å².